The van der Waals surface area contributed by atoms with Crippen LogP contribution in [0.1, 0.15) is 10.4 Å². The molecule has 3 rings (SSSR count). The highest BCUT2D eigenvalue weighted by molar-refractivity contribution is 7.93. The van der Waals surface area contributed by atoms with E-state index in [2.05, 4.69) is 5.32 Å². The molecule has 0 aromatic heterocycles. The Kier molecular flexibility index (Phi) is 6.28. The summed E-state index contributed by atoms with van der Waals surface area (Å²) in [6, 6.07) is 16.0. The Morgan fingerprint density at radius 3 is 2.50 bits per heavy atom. The monoisotopic (exact) mass is 448 g/mol. The zero-order valence-electron chi connectivity index (χ0n) is 16.1. The molecule has 0 radical (unpaired) electrons. The first-order valence-electron chi connectivity index (χ1n) is 8.72. The van der Waals surface area contributed by atoms with Crippen LogP contribution in [0, 0.1) is 5.82 Å². The van der Waals surface area contributed by atoms with Crippen molar-refractivity contribution < 1.29 is 22.3 Å². The molecule has 6 nitrogen and oxygen atoms in total. The molecule has 1 N–H and O–H groups in total. The van der Waals surface area contributed by atoms with Gasteiger partial charge in [-0.3, -0.25) is 9.10 Å². The average molecular weight is 449 g/mol. The summed E-state index contributed by atoms with van der Waals surface area (Å²) >= 11 is 5.95. The molecule has 0 atom stereocenters. The number of carbonyl (C=O) groups excluding carboxylic acids is 1. The number of nitrogens with one attached hydrogen (secondary N) is 1. The predicted molar refractivity (Wildman–Crippen MR) is 114 cm³/mol. The van der Waals surface area contributed by atoms with Gasteiger partial charge in [0.05, 0.1) is 23.4 Å². The van der Waals surface area contributed by atoms with E-state index in [9.17, 15) is 17.6 Å². The lowest BCUT2D eigenvalue weighted by Gasteiger charge is -2.22. The number of carbonyl (C=O) groups is 1. The Morgan fingerprint density at radius 1 is 1.07 bits per heavy atom. The standard InChI is InChI=1S/C21H18ClFN2O4S/c1-25(30(27,28)20-11-10-14(23)12-18(20)22)19-9-4-3-8-17(19)21(26)24-15-6-5-7-16(13-15)29-2/h3-13H,1-2H3,(H,24,26). The summed E-state index contributed by atoms with van der Waals surface area (Å²) in [6.07, 6.45) is 0. The molecule has 0 spiro atoms. The number of benzene rings is 3. The van der Waals surface area contributed by atoms with E-state index in [1.165, 1.54) is 26.3 Å². The van der Waals surface area contributed by atoms with E-state index in [4.69, 9.17) is 16.3 Å². The van der Waals surface area contributed by atoms with Crippen LogP contribution in [0.15, 0.2) is 71.6 Å². The fourth-order valence-electron chi connectivity index (χ4n) is 2.80. The Balaban J connectivity index is 1.96. The molecule has 0 heterocycles. The van der Waals surface area contributed by atoms with Crippen molar-refractivity contribution in [1.29, 1.82) is 0 Å². The molecular formula is C21H18ClFN2O4S. The van der Waals surface area contributed by atoms with Gasteiger partial charge in [0.1, 0.15) is 16.5 Å². The lowest BCUT2D eigenvalue weighted by atomic mass is 10.1. The molecule has 0 aliphatic heterocycles. The summed E-state index contributed by atoms with van der Waals surface area (Å²) in [5.74, 6) is -0.600. The van der Waals surface area contributed by atoms with Gasteiger partial charge in [0, 0.05) is 18.8 Å². The van der Waals surface area contributed by atoms with E-state index < -0.39 is 21.7 Å². The molecule has 156 valence electrons. The van der Waals surface area contributed by atoms with Crippen LogP contribution in [-0.4, -0.2) is 28.5 Å². The van der Waals surface area contributed by atoms with Gasteiger partial charge in [0.2, 0.25) is 0 Å². The molecule has 0 bridgehead atoms. The number of para-hydroxylation sites is 1. The van der Waals surface area contributed by atoms with E-state index in [1.807, 2.05) is 0 Å². The van der Waals surface area contributed by atoms with Gasteiger partial charge in [-0.2, -0.15) is 0 Å². The number of nitrogens with zero attached hydrogens (tertiary/aromatic N) is 1. The highest BCUT2D eigenvalue weighted by Gasteiger charge is 2.27. The minimum absolute atomic E-state index is 0.129. The summed E-state index contributed by atoms with van der Waals surface area (Å²) < 4.78 is 45.5. The van der Waals surface area contributed by atoms with Crippen molar-refractivity contribution in [3.63, 3.8) is 0 Å². The quantitative estimate of drug-likeness (QED) is 0.599. The third-order valence-corrected chi connectivity index (χ3v) is 6.60. The van der Waals surface area contributed by atoms with Crippen molar-refractivity contribution in [2.24, 2.45) is 0 Å². The molecule has 1 amide bonds. The van der Waals surface area contributed by atoms with E-state index in [0.29, 0.717) is 11.4 Å². The van der Waals surface area contributed by atoms with Crippen LogP contribution in [-0.2, 0) is 10.0 Å². The van der Waals surface area contributed by atoms with Gasteiger partial charge in [0.25, 0.3) is 15.9 Å². The average Bonchev–Trinajstić information content (AvgIpc) is 2.73. The van der Waals surface area contributed by atoms with E-state index >= 15 is 0 Å². The first-order chi connectivity index (χ1) is 14.2. The fourth-order valence-corrected chi connectivity index (χ4v) is 4.52. The minimum atomic E-state index is -4.14. The summed E-state index contributed by atoms with van der Waals surface area (Å²) in [6.45, 7) is 0. The second-order valence-electron chi connectivity index (χ2n) is 6.25. The van der Waals surface area contributed by atoms with E-state index in [-0.39, 0.29) is 21.2 Å². The summed E-state index contributed by atoms with van der Waals surface area (Å²) in [5.41, 5.74) is 0.754. The first kappa shape index (κ1) is 21.6. The van der Waals surface area contributed by atoms with Crippen molar-refractivity contribution in [1.82, 2.24) is 0 Å². The highest BCUT2D eigenvalue weighted by Crippen LogP contribution is 2.30. The lowest BCUT2D eigenvalue weighted by molar-refractivity contribution is 0.102. The number of methoxy groups -OCH3 is 1. The van der Waals surface area contributed by atoms with Gasteiger partial charge in [-0.1, -0.05) is 29.8 Å². The smallest absolute Gasteiger partial charge is 0.265 e. The van der Waals surface area contributed by atoms with Gasteiger partial charge < -0.3 is 10.1 Å². The number of ether oxygens (including phenoxy) is 1. The number of halogens is 2. The molecule has 0 unspecified atom stereocenters. The SMILES string of the molecule is COc1cccc(NC(=O)c2ccccc2N(C)S(=O)(=O)c2ccc(F)cc2Cl)c1. The largest absolute Gasteiger partial charge is 0.497 e. The maximum absolute atomic E-state index is 13.3. The molecule has 0 aliphatic rings. The van der Waals surface area contributed by atoms with Gasteiger partial charge in [-0.05, 0) is 42.5 Å². The highest BCUT2D eigenvalue weighted by atomic mass is 35.5. The molecule has 9 heteroatoms. The maximum Gasteiger partial charge on any atom is 0.265 e. The molecular weight excluding hydrogens is 431 g/mol. The topological polar surface area (TPSA) is 75.7 Å². The fraction of sp³-hybridized carbons (Fsp3) is 0.0952. The third-order valence-electron chi connectivity index (χ3n) is 4.35. The number of amides is 1. The van der Waals surface area contributed by atoms with Crippen LogP contribution in [0.5, 0.6) is 5.75 Å². The maximum atomic E-state index is 13.3. The van der Waals surface area contributed by atoms with Crippen molar-refractivity contribution >= 4 is 38.9 Å². The number of hydrogen-bond donors (Lipinski definition) is 1. The molecule has 0 saturated carbocycles. The van der Waals surface area contributed by atoms with Crippen LogP contribution < -0.4 is 14.4 Å². The van der Waals surface area contributed by atoms with Gasteiger partial charge in [-0.25, -0.2) is 12.8 Å². The van der Waals surface area contributed by atoms with Crippen LogP contribution in [0.3, 0.4) is 0 Å². The second kappa shape index (κ2) is 8.73. The van der Waals surface area contributed by atoms with Crippen LogP contribution >= 0.6 is 11.6 Å². The van der Waals surface area contributed by atoms with Gasteiger partial charge >= 0.3 is 0 Å². The molecule has 0 saturated heterocycles. The number of sulfonamides is 1. The molecule has 0 aliphatic carbocycles. The Morgan fingerprint density at radius 2 is 1.80 bits per heavy atom. The predicted octanol–water partition coefficient (Wildman–Crippen LogP) is 4.57. The molecule has 3 aromatic rings. The van der Waals surface area contributed by atoms with Gasteiger partial charge in [-0.15, -0.1) is 0 Å². The third kappa shape index (κ3) is 4.39. The molecule has 3 aromatic carbocycles. The van der Waals surface area contributed by atoms with Crippen molar-refractivity contribution in [3.8, 4) is 5.75 Å². The van der Waals surface area contributed by atoms with Crippen molar-refractivity contribution in [2.75, 3.05) is 23.8 Å². The van der Waals surface area contributed by atoms with Crippen LogP contribution in [0.2, 0.25) is 5.02 Å². The van der Waals surface area contributed by atoms with Crippen molar-refractivity contribution in [2.45, 2.75) is 4.90 Å². The zero-order chi connectivity index (χ0) is 21.9. The van der Waals surface area contributed by atoms with Gasteiger partial charge in [0.15, 0.2) is 0 Å². The van der Waals surface area contributed by atoms with E-state index in [1.54, 1.807) is 36.4 Å². The summed E-state index contributed by atoms with van der Waals surface area (Å²) in [4.78, 5) is 12.6. The second-order valence-corrected chi connectivity index (χ2v) is 8.60. The lowest BCUT2D eigenvalue weighted by Crippen LogP contribution is -2.29. The van der Waals surface area contributed by atoms with Crippen LogP contribution in [0.4, 0.5) is 15.8 Å². The first-order valence-corrected chi connectivity index (χ1v) is 10.5. The zero-order valence-corrected chi connectivity index (χ0v) is 17.7. The number of rotatable bonds is 6. The van der Waals surface area contributed by atoms with Crippen molar-refractivity contribution in [3.05, 3.63) is 83.1 Å². The molecule has 0 fully saturated rings. The Labute approximate surface area is 178 Å². The Bertz CT molecular complexity index is 1200. The normalized spacial score (nSPS) is 11.1. The number of hydrogen-bond acceptors (Lipinski definition) is 4. The Hall–Kier alpha value is -3.10. The number of anilines is 2. The molecule has 30 heavy (non-hydrogen) atoms. The van der Waals surface area contributed by atoms with E-state index in [0.717, 1.165) is 22.5 Å². The minimum Gasteiger partial charge on any atom is -0.497 e. The van der Waals surface area contributed by atoms with Crippen LogP contribution in [0.25, 0.3) is 0 Å². The summed E-state index contributed by atoms with van der Waals surface area (Å²) in [7, 11) is -1.34. The summed E-state index contributed by atoms with van der Waals surface area (Å²) in [5, 5.41) is 2.47.